The van der Waals surface area contributed by atoms with Crippen LogP contribution in [-0.2, 0) is 4.74 Å². The summed E-state index contributed by atoms with van der Waals surface area (Å²) in [5, 5.41) is 3.26. The molecule has 1 heterocycles. The maximum absolute atomic E-state index is 5.49. The van der Waals surface area contributed by atoms with Gasteiger partial charge in [0.15, 0.2) is 0 Å². The van der Waals surface area contributed by atoms with Gasteiger partial charge in [-0.3, -0.25) is 0 Å². The van der Waals surface area contributed by atoms with E-state index in [1.165, 1.54) is 12.8 Å². The van der Waals surface area contributed by atoms with Crippen molar-refractivity contribution >= 4 is 0 Å². The molecule has 1 N–H and O–H groups in total. The number of nitrogens with one attached hydrogen (secondary N) is 1. The second-order valence-electron chi connectivity index (χ2n) is 2.96. The number of hydrogen-bond donors (Lipinski definition) is 1. The van der Waals surface area contributed by atoms with Crippen molar-refractivity contribution in [3.8, 4) is 0 Å². The molecule has 2 nitrogen and oxygen atoms in total. The van der Waals surface area contributed by atoms with Gasteiger partial charge in [-0.1, -0.05) is 0 Å². The predicted molar refractivity (Wildman–Crippen MR) is 35.3 cm³/mol. The van der Waals surface area contributed by atoms with Crippen molar-refractivity contribution in [2.75, 3.05) is 13.7 Å². The zero-order valence-corrected chi connectivity index (χ0v) is 5.76. The predicted octanol–water partition coefficient (Wildman–Crippen LogP) is 0.383. The van der Waals surface area contributed by atoms with Crippen molar-refractivity contribution < 1.29 is 4.74 Å². The molecule has 9 heavy (non-hydrogen) atoms. The second-order valence-corrected chi connectivity index (χ2v) is 2.96. The maximum Gasteiger partial charge on any atom is 0.0775 e. The molecule has 2 heteroatoms. The van der Waals surface area contributed by atoms with Crippen LogP contribution in [0.2, 0.25) is 0 Å². The van der Waals surface area contributed by atoms with Crippen molar-refractivity contribution in [2.24, 2.45) is 5.92 Å². The van der Waals surface area contributed by atoms with Gasteiger partial charge in [-0.05, 0) is 19.9 Å². The van der Waals surface area contributed by atoms with E-state index in [0.717, 1.165) is 12.5 Å². The van der Waals surface area contributed by atoms with Gasteiger partial charge < -0.3 is 10.1 Å². The van der Waals surface area contributed by atoms with Crippen LogP contribution in [0.1, 0.15) is 12.8 Å². The van der Waals surface area contributed by atoms with Crippen LogP contribution in [0.3, 0.4) is 0 Å². The van der Waals surface area contributed by atoms with E-state index in [1.54, 1.807) is 0 Å². The lowest BCUT2D eigenvalue weighted by Gasteiger charge is -2.06. The summed E-state index contributed by atoms with van der Waals surface area (Å²) in [5.41, 5.74) is 0. The van der Waals surface area contributed by atoms with E-state index in [0.29, 0.717) is 12.1 Å². The van der Waals surface area contributed by atoms with Crippen LogP contribution in [0, 0.1) is 5.92 Å². The molecule has 1 aliphatic heterocycles. The molecule has 0 radical (unpaired) electrons. The van der Waals surface area contributed by atoms with E-state index in [9.17, 15) is 0 Å². The van der Waals surface area contributed by atoms with E-state index >= 15 is 0 Å². The molecule has 0 aromatic heterocycles. The Bertz CT molecular complexity index is 96.7. The van der Waals surface area contributed by atoms with E-state index in [2.05, 4.69) is 5.32 Å². The molecule has 0 spiro atoms. The number of rotatable bonds is 1. The van der Waals surface area contributed by atoms with E-state index in [1.807, 2.05) is 7.05 Å². The van der Waals surface area contributed by atoms with Gasteiger partial charge in [-0.2, -0.15) is 0 Å². The average molecular weight is 127 g/mol. The lowest BCUT2D eigenvalue weighted by atomic mass is 10.2. The van der Waals surface area contributed by atoms with Gasteiger partial charge in [0.1, 0.15) is 0 Å². The Labute approximate surface area is 55.6 Å². The number of likely N-dealkylation sites (N-methyl/N-ethyl adjacent to an activating group) is 1. The molecule has 3 atom stereocenters. The monoisotopic (exact) mass is 127 g/mol. The van der Waals surface area contributed by atoms with Crippen LogP contribution in [0.25, 0.3) is 0 Å². The minimum atomic E-state index is 0.573. The Hall–Kier alpha value is -0.0800. The molecule has 0 aromatic carbocycles. The summed E-state index contributed by atoms with van der Waals surface area (Å²) >= 11 is 0. The van der Waals surface area contributed by atoms with Crippen molar-refractivity contribution in [3.63, 3.8) is 0 Å². The minimum absolute atomic E-state index is 0.573. The van der Waals surface area contributed by atoms with Crippen LogP contribution >= 0.6 is 0 Å². The highest BCUT2D eigenvalue weighted by molar-refractivity contribution is 5.05. The first kappa shape index (κ1) is 5.69. The first-order valence-electron chi connectivity index (χ1n) is 3.72. The van der Waals surface area contributed by atoms with Gasteiger partial charge in [0.2, 0.25) is 0 Å². The van der Waals surface area contributed by atoms with E-state index in [4.69, 9.17) is 4.74 Å². The third-order valence-corrected chi connectivity index (χ3v) is 2.42. The first-order valence-corrected chi connectivity index (χ1v) is 3.72. The number of fused-ring (bicyclic) bond motifs is 1. The fraction of sp³-hybridized carbons (Fsp3) is 1.00. The third kappa shape index (κ3) is 0.775. The molecule has 0 aromatic rings. The Balaban J connectivity index is 1.91. The maximum atomic E-state index is 5.49. The zero-order chi connectivity index (χ0) is 6.27. The summed E-state index contributed by atoms with van der Waals surface area (Å²) in [6.07, 6.45) is 3.21. The van der Waals surface area contributed by atoms with Crippen molar-refractivity contribution in [1.29, 1.82) is 0 Å². The minimum Gasteiger partial charge on any atom is -0.376 e. The number of ether oxygens (including phenoxy) is 1. The third-order valence-electron chi connectivity index (χ3n) is 2.42. The van der Waals surface area contributed by atoms with Gasteiger partial charge in [-0.25, -0.2) is 0 Å². The van der Waals surface area contributed by atoms with Crippen LogP contribution < -0.4 is 5.32 Å². The molecule has 0 bridgehead atoms. The van der Waals surface area contributed by atoms with Crippen LogP contribution in [0.4, 0.5) is 0 Å². The van der Waals surface area contributed by atoms with Gasteiger partial charge in [0, 0.05) is 18.6 Å². The smallest absolute Gasteiger partial charge is 0.0775 e. The number of hydrogen-bond acceptors (Lipinski definition) is 2. The van der Waals surface area contributed by atoms with Gasteiger partial charge in [-0.15, -0.1) is 0 Å². The molecule has 3 unspecified atom stereocenters. The zero-order valence-electron chi connectivity index (χ0n) is 5.76. The highest BCUT2D eigenvalue weighted by Gasteiger charge is 2.51. The highest BCUT2D eigenvalue weighted by Crippen LogP contribution is 2.41. The van der Waals surface area contributed by atoms with Crippen molar-refractivity contribution in [2.45, 2.75) is 25.0 Å². The van der Waals surface area contributed by atoms with Crippen molar-refractivity contribution in [3.05, 3.63) is 0 Å². The van der Waals surface area contributed by atoms with Crippen LogP contribution in [-0.4, -0.2) is 25.8 Å². The molecule has 1 saturated carbocycles. The topological polar surface area (TPSA) is 21.3 Å². The first-order chi connectivity index (χ1) is 4.43. The molecule has 1 aliphatic carbocycles. The van der Waals surface area contributed by atoms with Gasteiger partial charge in [0.25, 0.3) is 0 Å². The fourth-order valence-corrected chi connectivity index (χ4v) is 1.83. The fourth-order valence-electron chi connectivity index (χ4n) is 1.83. The van der Waals surface area contributed by atoms with Gasteiger partial charge >= 0.3 is 0 Å². The summed E-state index contributed by atoms with van der Waals surface area (Å²) in [4.78, 5) is 0. The summed E-state index contributed by atoms with van der Waals surface area (Å²) in [5.74, 6) is 0.851. The quantitative estimate of drug-likeness (QED) is 0.550. The van der Waals surface area contributed by atoms with E-state index in [-0.39, 0.29) is 0 Å². The molecule has 0 amide bonds. The lowest BCUT2D eigenvalue weighted by molar-refractivity contribution is 0.0773. The van der Waals surface area contributed by atoms with E-state index < -0.39 is 0 Å². The average Bonchev–Trinajstić information content (AvgIpc) is 2.60. The second kappa shape index (κ2) is 1.96. The molecule has 52 valence electrons. The van der Waals surface area contributed by atoms with Gasteiger partial charge in [0.05, 0.1) is 6.10 Å². The molecule has 2 aliphatic rings. The molecule has 2 fully saturated rings. The SMILES string of the molecule is CNC1C2CCCOC21. The Kier molecular flexibility index (Phi) is 1.24. The molecular formula is C7H13NO. The van der Waals surface area contributed by atoms with Crippen LogP contribution in [0.15, 0.2) is 0 Å². The summed E-state index contributed by atoms with van der Waals surface area (Å²) in [6, 6.07) is 0.687. The Morgan fingerprint density at radius 1 is 1.56 bits per heavy atom. The molecule has 1 saturated heterocycles. The summed E-state index contributed by atoms with van der Waals surface area (Å²) in [6.45, 7) is 0.985. The highest BCUT2D eigenvalue weighted by atomic mass is 16.5. The molecule has 2 rings (SSSR count). The summed E-state index contributed by atoms with van der Waals surface area (Å²) < 4.78 is 5.49. The van der Waals surface area contributed by atoms with Crippen molar-refractivity contribution in [1.82, 2.24) is 5.32 Å². The molecular weight excluding hydrogens is 114 g/mol. The normalized spacial score (nSPS) is 48.3. The largest absolute Gasteiger partial charge is 0.376 e. The lowest BCUT2D eigenvalue weighted by Crippen LogP contribution is -2.14. The summed E-state index contributed by atoms with van der Waals surface area (Å²) in [7, 11) is 2.02. The standard InChI is InChI=1S/C7H13NO/c1-8-6-5-3-2-4-9-7(5)6/h5-8H,2-4H2,1H3. The Morgan fingerprint density at radius 2 is 2.44 bits per heavy atom. The van der Waals surface area contributed by atoms with Crippen LogP contribution in [0.5, 0.6) is 0 Å². The Morgan fingerprint density at radius 3 is 3.00 bits per heavy atom.